The number of benzene rings is 1. The molecule has 17 heavy (non-hydrogen) atoms. The van der Waals surface area contributed by atoms with Crippen molar-refractivity contribution in [3.8, 4) is 0 Å². The van der Waals surface area contributed by atoms with E-state index in [-0.39, 0.29) is 5.91 Å². The predicted molar refractivity (Wildman–Crippen MR) is 73.6 cm³/mol. The van der Waals surface area contributed by atoms with Crippen molar-refractivity contribution in [2.45, 2.75) is 32.7 Å². The van der Waals surface area contributed by atoms with Crippen molar-refractivity contribution in [2.75, 3.05) is 6.54 Å². The first kappa shape index (κ1) is 14.2. The molecule has 3 N–H and O–H groups in total. The number of rotatable bonds is 7. The Kier molecular flexibility index (Phi) is 6.22. The van der Waals surface area contributed by atoms with Crippen LogP contribution in [0.5, 0.6) is 0 Å². The van der Waals surface area contributed by atoms with Crippen LogP contribution >= 0.6 is 15.9 Å². The van der Waals surface area contributed by atoms with Gasteiger partial charge in [0, 0.05) is 17.4 Å². The number of hydrogen-bond donors (Lipinski definition) is 2. The fourth-order valence-corrected chi connectivity index (χ4v) is 1.95. The molecule has 1 aromatic carbocycles. The SMILES string of the molecule is Cc1ccc(CNCCCCC(N)=O)cc1Br. The van der Waals surface area contributed by atoms with Gasteiger partial charge in [-0.25, -0.2) is 0 Å². The maximum Gasteiger partial charge on any atom is 0.217 e. The van der Waals surface area contributed by atoms with Crippen LogP contribution < -0.4 is 11.1 Å². The number of aryl methyl sites for hydroxylation is 1. The average Bonchev–Trinajstić information content (AvgIpc) is 2.27. The Morgan fingerprint density at radius 3 is 2.82 bits per heavy atom. The maximum absolute atomic E-state index is 10.5. The van der Waals surface area contributed by atoms with Gasteiger partial charge in [-0.2, -0.15) is 0 Å². The fourth-order valence-electron chi connectivity index (χ4n) is 1.53. The molecule has 0 saturated carbocycles. The third-order valence-corrected chi connectivity index (χ3v) is 3.45. The van der Waals surface area contributed by atoms with Crippen LogP contribution in [0, 0.1) is 6.92 Å². The number of unbranched alkanes of at least 4 members (excludes halogenated alkanes) is 1. The van der Waals surface area contributed by atoms with Gasteiger partial charge in [0.05, 0.1) is 0 Å². The Hall–Kier alpha value is -0.870. The minimum atomic E-state index is -0.215. The highest BCUT2D eigenvalue weighted by molar-refractivity contribution is 9.10. The highest BCUT2D eigenvalue weighted by atomic mass is 79.9. The lowest BCUT2D eigenvalue weighted by molar-refractivity contribution is -0.118. The third-order valence-electron chi connectivity index (χ3n) is 2.59. The Morgan fingerprint density at radius 2 is 2.18 bits per heavy atom. The summed E-state index contributed by atoms with van der Waals surface area (Å²) in [5.74, 6) is -0.215. The molecule has 94 valence electrons. The molecule has 3 nitrogen and oxygen atoms in total. The molecule has 0 bridgehead atoms. The summed E-state index contributed by atoms with van der Waals surface area (Å²) in [4.78, 5) is 10.5. The molecule has 0 spiro atoms. The molecule has 0 aliphatic heterocycles. The van der Waals surface area contributed by atoms with Gasteiger partial charge in [-0.05, 0) is 43.5 Å². The quantitative estimate of drug-likeness (QED) is 0.760. The van der Waals surface area contributed by atoms with Gasteiger partial charge in [0.2, 0.25) is 5.91 Å². The first-order valence-corrected chi connectivity index (χ1v) is 6.63. The highest BCUT2D eigenvalue weighted by Crippen LogP contribution is 2.17. The van der Waals surface area contributed by atoms with E-state index in [1.807, 2.05) is 0 Å². The lowest BCUT2D eigenvalue weighted by Gasteiger charge is -2.06. The van der Waals surface area contributed by atoms with Crippen LogP contribution in [-0.2, 0) is 11.3 Å². The van der Waals surface area contributed by atoms with Crippen LogP contribution in [0.25, 0.3) is 0 Å². The van der Waals surface area contributed by atoms with Crippen LogP contribution in [0.2, 0.25) is 0 Å². The molecule has 0 unspecified atom stereocenters. The van der Waals surface area contributed by atoms with Crippen LogP contribution in [0.15, 0.2) is 22.7 Å². The van der Waals surface area contributed by atoms with Crippen LogP contribution in [0.4, 0.5) is 0 Å². The van der Waals surface area contributed by atoms with Gasteiger partial charge >= 0.3 is 0 Å². The number of halogens is 1. The van der Waals surface area contributed by atoms with E-state index in [0.29, 0.717) is 6.42 Å². The van der Waals surface area contributed by atoms with Crippen molar-refractivity contribution < 1.29 is 4.79 Å². The normalized spacial score (nSPS) is 10.5. The van der Waals surface area contributed by atoms with Crippen molar-refractivity contribution in [1.82, 2.24) is 5.32 Å². The minimum absolute atomic E-state index is 0.215. The van der Waals surface area contributed by atoms with E-state index in [1.54, 1.807) is 0 Å². The molecule has 1 rings (SSSR count). The van der Waals surface area contributed by atoms with Gasteiger partial charge in [0.25, 0.3) is 0 Å². The Bertz CT molecular complexity index is 380. The predicted octanol–water partition coefficient (Wildman–Crippen LogP) is 2.50. The van der Waals surface area contributed by atoms with Crippen molar-refractivity contribution in [3.63, 3.8) is 0 Å². The second-order valence-electron chi connectivity index (χ2n) is 4.18. The number of hydrogen-bond acceptors (Lipinski definition) is 2. The lowest BCUT2D eigenvalue weighted by Crippen LogP contribution is -2.16. The summed E-state index contributed by atoms with van der Waals surface area (Å²) in [6, 6.07) is 6.36. The second-order valence-corrected chi connectivity index (χ2v) is 5.04. The van der Waals surface area contributed by atoms with Gasteiger partial charge < -0.3 is 11.1 Å². The summed E-state index contributed by atoms with van der Waals surface area (Å²) in [5, 5.41) is 3.35. The summed E-state index contributed by atoms with van der Waals surface area (Å²) < 4.78 is 1.14. The maximum atomic E-state index is 10.5. The van der Waals surface area contributed by atoms with Gasteiger partial charge in [0.15, 0.2) is 0 Å². The monoisotopic (exact) mass is 298 g/mol. The van der Waals surface area contributed by atoms with E-state index in [0.717, 1.165) is 30.4 Å². The molecule has 0 radical (unpaired) electrons. The summed E-state index contributed by atoms with van der Waals surface area (Å²) >= 11 is 3.52. The van der Waals surface area contributed by atoms with Crippen molar-refractivity contribution in [2.24, 2.45) is 5.73 Å². The first-order chi connectivity index (χ1) is 8.09. The average molecular weight is 299 g/mol. The number of primary amides is 1. The molecule has 1 aromatic rings. The molecular formula is C13H19BrN2O. The van der Waals surface area contributed by atoms with Gasteiger partial charge in [-0.1, -0.05) is 28.1 Å². The zero-order valence-electron chi connectivity index (χ0n) is 10.1. The summed E-state index contributed by atoms with van der Waals surface area (Å²) in [5.41, 5.74) is 7.57. The fraction of sp³-hybridized carbons (Fsp3) is 0.462. The molecule has 0 heterocycles. The smallest absolute Gasteiger partial charge is 0.217 e. The summed E-state index contributed by atoms with van der Waals surface area (Å²) in [7, 11) is 0. The van der Waals surface area contributed by atoms with E-state index in [9.17, 15) is 4.79 Å². The molecule has 0 atom stereocenters. The largest absolute Gasteiger partial charge is 0.370 e. The molecule has 4 heteroatoms. The van der Waals surface area contributed by atoms with Gasteiger partial charge in [-0.15, -0.1) is 0 Å². The number of carbonyl (C=O) groups is 1. The number of carbonyl (C=O) groups excluding carboxylic acids is 1. The van der Waals surface area contributed by atoms with Crippen LogP contribution in [0.3, 0.4) is 0 Å². The van der Waals surface area contributed by atoms with Crippen molar-refractivity contribution >= 4 is 21.8 Å². The van der Waals surface area contributed by atoms with E-state index < -0.39 is 0 Å². The molecule has 0 fully saturated rings. The standard InChI is InChI=1S/C13H19BrN2O/c1-10-5-6-11(8-12(10)14)9-16-7-3-2-4-13(15)17/h5-6,8,16H,2-4,7,9H2,1H3,(H2,15,17). The minimum Gasteiger partial charge on any atom is -0.370 e. The van der Waals surface area contributed by atoms with E-state index in [2.05, 4.69) is 46.4 Å². The van der Waals surface area contributed by atoms with E-state index >= 15 is 0 Å². The molecule has 0 aliphatic rings. The number of nitrogens with one attached hydrogen (secondary N) is 1. The summed E-state index contributed by atoms with van der Waals surface area (Å²) in [6.45, 7) is 3.85. The number of nitrogens with two attached hydrogens (primary N) is 1. The Labute approximate surface area is 111 Å². The van der Waals surface area contributed by atoms with Crippen molar-refractivity contribution in [1.29, 1.82) is 0 Å². The molecule has 1 amide bonds. The van der Waals surface area contributed by atoms with Crippen LogP contribution in [-0.4, -0.2) is 12.5 Å². The topological polar surface area (TPSA) is 55.1 Å². The van der Waals surface area contributed by atoms with Gasteiger partial charge in [0.1, 0.15) is 0 Å². The Morgan fingerprint density at radius 1 is 1.41 bits per heavy atom. The first-order valence-electron chi connectivity index (χ1n) is 5.83. The summed E-state index contributed by atoms with van der Waals surface area (Å²) in [6.07, 6.45) is 2.33. The van der Waals surface area contributed by atoms with Crippen LogP contribution in [0.1, 0.15) is 30.4 Å². The lowest BCUT2D eigenvalue weighted by atomic mass is 10.1. The van der Waals surface area contributed by atoms with E-state index in [4.69, 9.17) is 5.73 Å². The van der Waals surface area contributed by atoms with Gasteiger partial charge in [-0.3, -0.25) is 4.79 Å². The molecule has 0 aliphatic carbocycles. The van der Waals surface area contributed by atoms with Crippen molar-refractivity contribution in [3.05, 3.63) is 33.8 Å². The zero-order valence-corrected chi connectivity index (χ0v) is 11.7. The second kappa shape index (κ2) is 7.45. The molecular weight excluding hydrogens is 280 g/mol. The highest BCUT2D eigenvalue weighted by Gasteiger charge is 1.98. The molecule has 0 aromatic heterocycles. The third kappa shape index (κ3) is 5.84. The Balaban J connectivity index is 2.18. The number of amides is 1. The molecule has 0 saturated heterocycles. The zero-order chi connectivity index (χ0) is 12.7. The van der Waals surface area contributed by atoms with E-state index in [1.165, 1.54) is 11.1 Å².